The van der Waals surface area contributed by atoms with E-state index >= 15 is 0 Å². The maximum absolute atomic E-state index is 12.2. The molecule has 2 amide bonds. The Hall–Kier alpha value is -3.22. The van der Waals surface area contributed by atoms with Gasteiger partial charge in [0.1, 0.15) is 0 Å². The highest BCUT2D eigenvalue weighted by Gasteiger charge is 2.29. The van der Waals surface area contributed by atoms with E-state index in [1.807, 2.05) is 30.3 Å². The van der Waals surface area contributed by atoms with Crippen molar-refractivity contribution in [1.29, 1.82) is 0 Å². The highest BCUT2D eigenvalue weighted by molar-refractivity contribution is 5.94. The van der Waals surface area contributed by atoms with Crippen LogP contribution in [0.4, 0.5) is 5.69 Å². The lowest BCUT2D eigenvalue weighted by Gasteiger charge is -2.17. The number of hydrogen-bond donors (Lipinski definition) is 1. The van der Waals surface area contributed by atoms with E-state index in [0.717, 1.165) is 5.56 Å². The SMILES string of the molecule is O=C(NCC1CC(=O)N(Cc2ccccc2)C1)c1ccc([N+](=O)[O-])cc1. The molecule has 134 valence electrons. The van der Waals surface area contributed by atoms with Crippen LogP contribution < -0.4 is 5.32 Å². The van der Waals surface area contributed by atoms with E-state index in [0.29, 0.717) is 31.6 Å². The topological polar surface area (TPSA) is 92.6 Å². The minimum atomic E-state index is -0.507. The van der Waals surface area contributed by atoms with Gasteiger partial charge in [0, 0.05) is 49.7 Å². The Balaban J connectivity index is 1.51. The molecular formula is C19H19N3O4. The number of amides is 2. The van der Waals surface area contributed by atoms with Crippen molar-refractivity contribution in [2.75, 3.05) is 13.1 Å². The molecule has 0 aromatic heterocycles. The van der Waals surface area contributed by atoms with Crippen LogP contribution in [-0.4, -0.2) is 34.7 Å². The maximum atomic E-state index is 12.2. The van der Waals surface area contributed by atoms with Crippen molar-refractivity contribution >= 4 is 17.5 Å². The van der Waals surface area contributed by atoms with E-state index in [1.165, 1.54) is 24.3 Å². The Labute approximate surface area is 150 Å². The molecule has 1 unspecified atom stereocenters. The highest BCUT2D eigenvalue weighted by Crippen LogP contribution is 2.20. The van der Waals surface area contributed by atoms with Crippen molar-refractivity contribution in [1.82, 2.24) is 10.2 Å². The summed E-state index contributed by atoms with van der Waals surface area (Å²) in [7, 11) is 0. The quantitative estimate of drug-likeness (QED) is 0.637. The summed E-state index contributed by atoms with van der Waals surface area (Å²) in [5, 5.41) is 13.4. The third-order valence-electron chi connectivity index (χ3n) is 4.40. The van der Waals surface area contributed by atoms with Crippen LogP contribution in [0.5, 0.6) is 0 Å². The molecule has 3 rings (SSSR count). The van der Waals surface area contributed by atoms with Gasteiger partial charge in [-0.15, -0.1) is 0 Å². The minimum Gasteiger partial charge on any atom is -0.352 e. The average molecular weight is 353 g/mol. The van der Waals surface area contributed by atoms with Gasteiger partial charge in [-0.25, -0.2) is 0 Å². The van der Waals surface area contributed by atoms with E-state index in [1.54, 1.807) is 4.90 Å². The van der Waals surface area contributed by atoms with Crippen molar-refractivity contribution in [2.24, 2.45) is 5.92 Å². The predicted octanol–water partition coefficient (Wildman–Crippen LogP) is 2.37. The molecular weight excluding hydrogens is 334 g/mol. The number of likely N-dealkylation sites (tertiary alicyclic amines) is 1. The van der Waals surface area contributed by atoms with Crippen LogP contribution in [0.25, 0.3) is 0 Å². The number of non-ortho nitro benzene ring substituents is 1. The van der Waals surface area contributed by atoms with Gasteiger partial charge >= 0.3 is 0 Å². The first-order chi connectivity index (χ1) is 12.5. The fourth-order valence-corrected chi connectivity index (χ4v) is 3.02. The van der Waals surface area contributed by atoms with E-state index in [4.69, 9.17) is 0 Å². The summed E-state index contributed by atoms with van der Waals surface area (Å²) >= 11 is 0. The Bertz CT molecular complexity index is 805. The molecule has 1 aliphatic rings. The van der Waals surface area contributed by atoms with Gasteiger partial charge in [0.05, 0.1) is 4.92 Å². The monoisotopic (exact) mass is 353 g/mol. The second-order valence-electron chi connectivity index (χ2n) is 6.34. The van der Waals surface area contributed by atoms with Crippen LogP contribution in [0.1, 0.15) is 22.3 Å². The molecule has 1 fully saturated rings. The molecule has 2 aromatic rings. The summed E-state index contributed by atoms with van der Waals surface area (Å²) in [6, 6.07) is 15.2. The largest absolute Gasteiger partial charge is 0.352 e. The Morgan fingerprint density at radius 1 is 1.15 bits per heavy atom. The van der Waals surface area contributed by atoms with Gasteiger partial charge in [0.25, 0.3) is 11.6 Å². The predicted molar refractivity (Wildman–Crippen MR) is 95.4 cm³/mol. The van der Waals surface area contributed by atoms with Crippen LogP contribution in [0.2, 0.25) is 0 Å². The van der Waals surface area contributed by atoms with Crippen LogP contribution >= 0.6 is 0 Å². The third kappa shape index (κ3) is 4.24. The fraction of sp³-hybridized carbons (Fsp3) is 0.263. The lowest BCUT2D eigenvalue weighted by atomic mass is 10.1. The molecule has 1 saturated heterocycles. The van der Waals surface area contributed by atoms with Crippen molar-refractivity contribution < 1.29 is 14.5 Å². The lowest BCUT2D eigenvalue weighted by molar-refractivity contribution is -0.384. The number of benzene rings is 2. The molecule has 0 saturated carbocycles. The summed E-state index contributed by atoms with van der Waals surface area (Å²) in [6.45, 7) is 1.58. The summed E-state index contributed by atoms with van der Waals surface area (Å²) in [5.41, 5.74) is 1.39. The number of nitrogens with one attached hydrogen (secondary N) is 1. The minimum absolute atomic E-state index is 0.0560. The van der Waals surface area contributed by atoms with Gasteiger partial charge in [-0.3, -0.25) is 19.7 Å². The van der Waals surface area contributed by atoms with Crippen LogP contribution in [0, 0.1) is 16.0 Å². The number of carbonyl (C=O) groups is 2. The molecule has 7 nitrogen and oxygen atoms in total. The van der Waals surface area contributed by atoms with Gasteiger partial charge in [-0.05, 0) is 17.7 Å². The third-order valence-corrected chi connectivity index (χ3v) is 4.40. The fourth-order valence-electron chi connectivity index (χ4n) is 3.02. The van der Waals surface area contributed by atoms with Crippen LogP contribution in [0.3, 0.4) is 0 Å². The first-order valence-electron chi connectivity index (χ1n) is 8.37. The standard InChI is InChI=1S/C19H19N3O4/c23-18-10-15(13-21(18)12-14-4-2-1-3-5-14)11-20-19(24)16-6-8-17(9-7-16)22(25)26/h1-9,15H,10-13H2,(H,20,24). The highest BCUT2D eigenvalue weighted by atomic mass is 16.6. The van der Waals surface area contributed by atoms with E-state index in [-0.39, 0.29) is 23.4 Å². The van der Waals surface area contributed by atoms with E-state index < -0.39 is 4.92 Å². The Kier molecular flexibility index (Phi) is 5.26. The van der Waals surface area contributed by atoms with Crippen molar-refractivity contribution in [2.45, 2.75) is 13.0 Å². The molecule has 1 atom stereocenters. The van der Waals surface area contributed by atoms with Gasteiger partial charge in [0.15, 0.2) is 0 Å². The first-order valence-corrected chi connectivity index (χ1v) is 8.37. The Morgan fingerprint density at radius 3 is 2.50 bits per heavy atom. The number of nitro benzene ring substituents is 1. The zero-order valence-corrected chi connectivity index (χ0v) is 14.1. The summed E-state index contributed by atoms with van der Waals surface area (Å²) in [6.07, 6.45) is 0.410. The van der Waals surface area contributed by atoms with Gasteiger partial charge in [-0.2, -0.15) is 0 Å². The zero-order chi connectivity index (χ0) is 18.5. The van der Waals surface area contributed by atoms with Gasteiger partial charge in [-0.1, -0.05) is 30.3 Å². The molecule has 0 radical (unpaired) electrons. The summed E-state index contributed by atoms with van der Waals surface area (Å²) in [5.74, 6) is -0.148. The van der Waals surface area contributed by atoms with E-state index in [2.05, 4.69) is 5.32 Å². The number of rotatable bonds is 6. The van der Waals surface area contributed by atoms with Gasteiger partial charge in [0.2, 0.25) is 5.91 Å². The molecule has 0 spiro atoms. The number of nitro groups is 1. The molecule has 1 aliphatic heterocycles. The second kappa shape index (κ2) is 7.77. The zero-order valence-electron chi connectivity index (χ0n) is 14.1. The molecule has 0 aliphatic carbocycles. The smallest absolute Gasteiger partial charge is 0.269 e. The van der Waals surface area contributed by atoms with Crippen molar-refractivity contribution in [3.63, 3.8) is 0 Å². The maximum Gasteiger partial charge on any atom is 0.269 e. The lowest BCUT2D eigenvalue weighted by Crippen LogP contribution is -2.31. The van der Waals surface area contributed by atoms with E-state index in [9.17, 15) is 19.7 Å². The Morgan fingerprint density at radius 2 is 1.85 bits per heavy atom. The number of nitrogens with zero attached hydrogens (tertiary/aromatic N) is 2. The molecule has 1 heterocycles. The molecule has 2 aromatic carbocycles. The summed E-state index contributed by atoms with van der Waals surface area (Å²) < 4.78 is 0. The van der Waals surface area contributed by atoms with Crippen LogP contribution in [-0.2, 0) is 11.3 Å². The second-order valence-corrected chi connectivity index (χ2v) is 6.34. The molecule has 26 heavy (non-hydrogen) atoms. The average Bonchev–Trinajstić information content (AvgIpc) is 3.00. The molecule has 1 N–H and O–H groups in total. The van der Waals surface area contributed by atoms with Crippen molar-refractivity contribution in [3.8, 4) is 0 Å². The first kappa shape index (κ1) is 17.6. The van der Waals surface area contributed by atoms with Gasteiger partial charge < -0.3 is 10.2 Å². The summed E-state index contributed by atoms with van der Waals surface area (Å²) in [4.78, 5) is 36.3. The molecule has 0 bridgehead atoms. The number of hydrogen-bond acceptors (Lipinski definition) is 4. The van der Waals surface area contributed by atoms with Crippen LogP contribution in [0.15, 0.2) is 54.6 Å². The molecule has 7 heteroatoms. The number of carbonyl (C=O) groups excluding carboxylic acids is 2. The normalized spacial score (nSPS) is 16.5. The van der Waals surface area contributed by atoms with Crippen molar-refractivity contribution in [3.05, 3.63) is 75.8 Å².